The number of hydrogen-bond donors (Lipinski definition) is 2. The number of carboxylic acids is 1. The first-order chi connectivity index (χ1) is 8.38. The lowest BCUT2D eigenvalue weighted by atomic mass is 10.1. The van der Waals surface area contributed by atoms with E-state index in [-0.39, 0.29) is 11.7 Å². The van der Waals surface area contributed by atoms with Crippen LogP contribution in [-0.2, 0) is 9.59 Å². The highest BCUT2D eigenvalue weighted by Gasteiger charge is 2.13. The van der Waals surface area contributed by atoms with E-state index < -0.39 is 11.2 Å². The molecule has 0 heterocycles. The summed E-state index contributed by atoms with van der Waals surface area (Å²) in [5, 5.41) is 10.9. The number of amides is 1. The van der Waals surface area contributed by atoms with E-state index in [1.807, 2.05) is 32.0 Å². The van der Waals surface area contributed by atoms with Gasteiger partial charge in [-0.3, -0.25) is 9.59 Å². The summed E-state index contributed by atoms with van der Waals surface area (Å²) < 4.78 is 0. The normalized spacial score (nSPS) is 11.9. The van der Waals surface area contributed by atoms with E-state index in [4.69, 9.17) is 5.11 Å². The van der Waals surface area contributed by atoms with Crippen molar-refractivity contribution in [3.63, 3.8) is 0 Å². The van der Waals surface area contributed by atoms with Gasteiger partial charge in [0.2, 0.25) is 5.91 Å². The quantitative estimate of drug-likeness (QED) is 0.860. The Morgan fingerprint density at radius 2 is 1.83 bits per heavy atom. The van der Waals surface area contributed by atoms with Crippen LogP contribution in [-0.4, -0.2) is 28.0 Å². The number of benzene rings is 1. The van der Waals surface area contributed by atoms with Crippen molar-refractivity contribution in [2.24, 2.45) is 0 Å². The van der Waals surface area contributed by atoms with Gasteiger partial charge >= 0.3 is 5.97 Å². The molecule has 1 rings (SSSR count). The molecule has 18 heavy (non-hydrogen) atoms. The first kappa shape index (κ1) is 14.6. The van der Waals surface area contributed by atoms with Gasteiger partial charge in [0.25, 0.3) is 0 Å². The van der Waals surface area contributed by atoms with Gasteiger partial charge in [-0.25, -0.2) is 0 Å². The van der Waals surface area contributed by atoms with Gasteiger partial charge in [0.05, 0.1) is 11.0 Å². The molecule has 0 aliphatic rings. The topological polar surface area (TPSA) is 66.4 Å². The summed E-state index contributed by atoms with van der Waals surface area (Å²) in [5.74, 6) is -0.946. The minimum Gasteiger partial charge on any atom is -0.480 e. The van der Waals surface area contributed by atoms with Gasteiger partial charge in [-0.2, -0.15) is 0 Å². The highest BCUT2D eigenvalue weighted by Crippen LogP contribution is 2.15. The van der Waals surface area contributed by atoms with Crippen LogP contribution >= 0.6 is 11.8 Å². The largest absolute Gasteiger partial charge is 0.480 e. The maximum Gasteiger partial charge on any atom is 0.316 e. The maximum absolute atomic E-state index is 11.6. The number of anilines is 1. The summed E-state index contributed by atoms with van der Waals surface area (Å²) in [6, 6.07) is 5.79. The van der Waals surface area contributed by atoms with Crippen molar-refractivity contribution in [3.05, 3.63) is 29.3 Å². The van der Waals surface area contributed by atoms with Crippen LogP contribution in [0.4, 0.5) is 5.69 Å². The predicted molar refractivity (Wildman–Crippen MR) is 74.1 cm³/mol. The SMILES string of the molecule is Cc1cc(C)cc(NC(=O)CSC(C)C(=O)O)c1. The Labute approximate surface area is 111 Å². The fourth-order valence-electron chi connectivity index (χ4n) is 1.52. The van der Waals surface area contributed by atoms with Crippen LogP contribution in [0.5, 0.6) is 0 Å². The molecule has 0 saturated heterocycles. The van der Waals surface area contributed by atoms with Crippen LogP contribution in [0.3, 0.4) is 0 Å². The average Bonchev–Trinajstić information content (AvgIpc) is 2.24. The molecular formula is C13H17NO3S. The molecule has 1 unspecified atom stereocenters. The number of hydrogen-bond acceptors (Lipinski definition) is 3. The van der Waals surface area contributed by atoms with Crippen molar-refractivity contribution < 1.29 is 14.7 Å². The molecule has 1 aromatic rings. The average molecular weight is 267 g/mol. The number of aliphatic carboxylic acids is 1. The van der Waals surface area contributed by atoms with Gasteiger partial charge < -0.3 is 10.4 Å². The van der Waals surface area contributed by atoms with Gasteiger partial charge in [-0.05, 0) is 44.0 Å². The van der Waals surface area contributed by atoms with Gasteiger partial charge in [0.1, 0.15) is 0 Å². The van der Waals surface area contributed by atoms with E-state index in [9.17, 15) is 9.59 Å². The number of carboxylic acid groups (broad SMARTS) is 1. The zero-order valence-corrected chi connectivity index (χ0v) is 11.5. The predicted octanol–water partition coefficient (Wildman–Crippen LogP) is 2.45. The Kier molecular flexibility index (Phi) is 5.22. The first-order valence-corrected chi connectivity index (χ1v) is 6.66. The van der Waals surface area contributed by atoms with E-state index in [1.54, 1.807) is 6.92 Å². The fraction of sp³-hybridized carbons (Fsp3) is 0.385. The zero-order valence-electron chi connectivity index (χ0n) is 10.7. The van der Waals surface area contributed by atoms with Gasteiger partial charge in [0.15, 0.2) is 0 Å². The minimum absolute atomic E-state index is 0.139. The molecule has 2 N–H and O–H groups in total. The van der Waals surface area contributed by atoms with Gasteiger partial charge in [-0.1, -0.05) is 6.07 Å². The van der Waals surface area contributed by atoms with E-state index in [2.05, 4.69) is 5.32 Å². The Hall–Kier alpha value is -1.49. The van der Waals surface area contributed by atoms with Crippen LogP contribution < -0.4 is 5.32 Å². The second-order valence-electron chi connectivity index (χ2n) is 4.22. The number of thioether (sulfide) groups is 1. The van der Waals surface area contributed by atoms with Crippen LogP contribution in [0.1, 0.15) is 18.1 Å². The number of carbonyl (C=O) groups is 2. The second-order valence-corrected chi connectivity index (χ2v) is 5.55. The smallest absolute Gasteiger partial charge is 0.316 e. The second kappa shape index (κ2) is 6.44. The van der Waals surface area contributed by atoms with Crippen LogP contribution in [0.15, 0.2) is 18.2 Å². The minimum atomic E-state index is -0.904. The lowest BCUT2D eigenvalue weighted by molar-refractivity contribution is -0.136. The van der Waals surface area contributed by atoms with Crippen molar-refractivity contribution in [1.29, 1.82) is 0 Å². The van der Waals surface area contributed by atoms with Crippen molar-refractivity contribution in [2.45, 2.75) is 26.0 Å². The molecule has 0 aliphatic heterocycles. The molecule has 0 radical (unpaired) electrons. The van der Waals surface area contributed by atoms with E-state index >= 15 is 0 Å². The zero-order chi connectivity index (χ0) is 13.7. The summed E-state index contributed by atoms with van der Waals surface area (Å²) in [4.78, 5) is 22.2. The van der Waals surface area contributed by atoms with Crippen molar-refractivity contribution in [2.75, 3.05) is 11.1 Å². The molecular weight excluding hydrogens is 250 g/mol. The van der Waals surface area contributed by atoms with E-state index in [1.165, 1.54) is 0 Å². The maximum atomic E-state index is 11.6. The highest BCUT2D eigenvalue weighted by molar-refractivity contribution is 8.01. The molecule has 1 aromatic carbocycles. The van der Waals surface area contributed by atoms with Crippen molar-refractivity contribution >= 4 is 29.3 Å². The van der Waals surface area contributed by atoms with E-state index in [0.29, 0.717) is 0 Å². The lowest BCUT2D eigenvalue weighted by Crippen LogP contribution is -2.19. The van der Waals surface area contributed by atoms with Crippen LogP contribution in [0, 0.1) is 13.8 Å². The Morgan fingerprint density at radius 3 is 2.33 bits per heavy atom. The molecule has 5 heteroatoms. The summed E-state index contributed by atoms with van der Waals surface area (Å²) >= 11 is 1.11. The Balaban J connectivity index is 2.52. The molecule has 1 amide bonds. The van der Waals surface area contributed by atoms with Crippen molar-refractivity contribution in [3.8, 4) is 0 Å². The molecule has 0 aromatic heterocycles. The third-order valence-corrected chi connectivity index (χ3v) is 3.45. The van der Waals surface area contributed by atoms with Crippen LogP contribution in [0.2, 0.25) is 0 Å². The third-order valence-electron chi connectivity index (χ3n) is 2.32. The summed E-state index contributed by atoms with van der Waals surface area (Å²) in [6.07, 6.45) is 0. The molecule has 98 valence electrons. The van der Waals surface area contributed by atoms with Crippen LogP contribution in [0.25, 0.3) is 0 Å². The molecule has 0 spiro atoms. The fourth-order valence-corrected chi connectivity index (χ4v) is 2.13. The van der Waals surface area contributed by atoms with E-state index in [0.717, 1.165) is 28.6 Å². The summed E-state index contributed by atoms with van der Waals surface area (Å²) in [6.45, 7) is 5.49. The van der Waals surface area contributed by atoms with Crippen molar-refractivity contribution in [1.82, 2.24) is 0 Å². The molecule has 0 aliphatic carbocycles. The standard InChI is InChI=1S/C13H17NO3S/c1-8-4-9(2)6-11(5-8)14-12(15)7-18-10(3)13(16)17/h4-6,10H,7H2,1-3H3,(H,14,15)(H,16,17). The molecule has 0 bridgehead atoms. The third kappa shape index (κ3) is 4.79. The Bertz CT molecular complexity index is 439. The number of rotatable bonds is 5. The first-order valence-electron chi connectivity index (χ1n) is 5.61. The molecule has 0 fully saturated rings. The monoisotopic (exact) mass is 267 g/mol. The Morgan fingerprint density at radius 1 is 1.28 bits per heavy atom. The highest BCUT2D eigenvalue weighted by atomic mass is 32.2. The number of aryl methyl sites for hydroxylation is 2. The lowest BCUT2D eigenvalue weighted by Gasteiger charge is -2.09. The molecule has 0 saturated carbocycles. The summed E-state index contributed by atoms with van der Waals surface area (Å²) in [5.41, 5.74) is 2.91. The summed E-state index contributed by atoms with van der Waals surface area (Å²) in [7, 11) is 0. The molecule has 4 nitrogen and oxygen atoms in total. The van der Waals surface area contributed by atoms with Gasteiger partial charge in [-0.15, -0.1) is 11.8 Å². The molecule has 1 atom stereocenters. The number of carbonyl (C=O) groups excluding carboxylic acids is 1. The number of nitrogens with one attached hydrogen (secondary N) is 1. The van der Waals surface area contributed by atoms with Gasteiger partial charge in [0, 0.05) is 5.69 Å².